The van der Waals surface area contributed by atoms with Gasteiger partial charge in [-0.3, -0.25) is 0 Å². The molecule has 2 heterocycles. The van der Waals surface area contributed by atoms with Crippen LogP contribution in [0.25, 0.3) is 0 Å². The van der Waals surface area contributed by atoms with Gasteiger partial charge in [0.1, 0.15) is 0 Å². The van der Waals surface area contributed by atoms with Crippen molar-refractivity contribution in [3.05, 3.63) is 23.4 Å². The summed E-state index contributed by atoms with van der Waals surface area (Å²) in [5.74, 6) is 0.0893. The van der Waals surface area contributed by atoms with Crippen LogP contribution in [-0.4, -0.2) is 43.5 Å². The highest BCUT2D eigenvalue weighted by Gasteiger charge is 2.22. The molecule has 29 heavy (non-hydrogen) atoms. The molecule has 1 aliphatic heterocycles. The number of rotatable bonds is 9. The molecule has 0 bridgehead atoms. The van der Waals surface area contributed by atoms with E-state index in [0.29, 0.717) is 23.6 Å². The summed E-state index contributed by atoms with van der Waals surface area (Å²) < 4.78 is 10.4. The lowest BCUT2D eigenvalue weighted by Crippen LogP contribution is -2.40. The third kappa shape index (κ3) is 7.13. The fourth-order valence-electron chi connectivity index (χ4n) is 2.54. The van der Waals surface area contributed by atoms with E-state index in [-0.39, 0.29) is 25.0 Å². The molecule has 10 nitrogen and oxygen atoms in total. The number of aromatic nitrogens is 2. The first-order chi connectivity index (χ1) is 14.0. The average Bonchev–Trinajstić information content (AvgIpc) is 2.72. The highest BCUT2D eigenvalue weighted by atomic mass is 16.6. The second-order valence-corrected chi connectivity index (χ2v) is 6.55. The maximum Gasteiger partial charge on any atom is 0.460 e. The molecule has 2 rings (SSSR count). The summed E-state index contributed by atoms with van der Waals surface area (Å²) in [5, 5.41) is 17.4. The standard InChI is InChI=1S/C19H29N5O5/c1-3-5-12-28-18(25)21-16-14-15(23-10-8-7-9-11-23)20-17(24(16)27)22-19(26)29-13-6-4-2/h7-8,14H,3-6,9-13H2,1-2H3,(H,21,25)(H,20,22,26). The van der Waals surface area contributed by atoms with Crippen molar-refractivity contribution in [2.45, 2.75) is 46.0 Å². The first-order valence-electron chi connectivity index (χ1n) is 9.97. The van der Waals surface area contributed by atoms with E-state index in [1.807, 2.05) is 24.8 Å². The molecular formula is C19H29N5O5. The first kappa shape index (κ1) is 22.3. The Bertz CT molecular complexity index is 680. The maximum absolute atomic E-state index is 12.6. The fourth-order valence-corrected chi connectivity index (χ4v) is 2.54. The van der Waals surface area contributed by atoms with Crippen molar-refractivity contribution in [2.75, 3.05) is 41.8 Å². The Kier molecular flexibility index (Phi) is 9.00. The van der Waals surface area contributed by atoms with Gasteiger partial charge in [-0.25, -0.2) is 19.6 Å². The van der Waals surface area contributed by atoms with E-state index in [0.717, 1.165) is 32.1 Å². The van der Waals surface area contributed by atoms with Crippen molar-refractivity contribution in [2.24, 2.45) is 0 Å². The summed E-state index contributed by atoms with van der Waals surface area (Å²) in [7, 11) is 0. The number of amides is 2. The number of ether oxygens (including phenoxy) is 2. The molecule has 0 unspecified atom stereocenters. The number of nitrogens with one attached hydrogen (secondary N) is 2. The van der Waals surface area contributed by atoms with Crippen LogP contribution in [0.3, 0.4) is 0 Å². The van der Waals surface area contributed by atoms with Crippen molar-refractivity contribution >= 4 is 29.8 Å². The molecule has 0 radical (unpaired) electrons. The van der Waals surface area contributed by atoms with Crippen LogP contribution in [0.2, 0.25) is 0 Å². The minimum absolute atomic E-state index is 0.0880. The van der Waals surface area contributed by atoms with E-state index in [9.17, 15) is 14.8 Å². The lowest BCUT2D eigenvalue weighted by Gasteiger charge is -2.24. The van der Waals surface area contributed by atoms with Crippen molar-refractivity contribution in [3.63, 3.8) is 0 Å². The van der Waals surface area contributed by atoms with Crippen LogP contribution in [0.4, 0.5) is 27.2 Å². The molecule has 1 aromatic heterocycles. The van der Waals surface area contributed by atoms with Crippen LogP contribution in [0.1, 0.15) is 46.0 Å². The van der Waals surface area contributed by atoms with Crippen molar-refractivity contribution in [1.82, 2.24) is 4.98 Å². The molecule has 2 N–H and O–H groups in total. The number of carbonyl (C=O) groups is 2. The molecule has 0 spiro atoms. The molecule has 2 amide bonds. The molecule has 10 heteroatoms. The van der Waals surface area contributed by atoms with Crippen LogP contribution in [0.5, 0.6) is 0 Å². The van der Waals surface area contributed by atoms with Gasteiger partial charge in [0.25, 0.3) is 0 Å². The Hall–Kier alpha value is -3.04. The van der Waals surface area contributed by atoms with E-state index in [1.165, 1.54) is 6.07 Å². The molecule has 1 aromatic rings. The van der Waals surface area contributed by atoms with E-state index >= 15 is 0 Å². The molecule has 0 aliphatic carbocycles. The second-order valence-electron chi connectivity index (χ2n) is 6.55. The number of hydrogen-bond donors (Lipinski definition) is 2. The van der Waals surface area contributed by atoms with Crippen molar-refractivity contribution in [1.29, 1.82) is 0 Å². The van der Waals surface area contributed by atoms with Crippen LogP contribution in [0.15, 0.2) is 18.2 Å². The number of unbranched alkanes of at least 4 members (excludes halogenated alkanes) is 2. The maximum atomic E-state index is 12.6. The molecule has 0 saturated carbocycles. The summed E-state index contributed by atoms with van der Waals surface area (Å²) in [6.45, 7) is 5.76. The predicted molar refractivity (Wildman–Crippen MR) is 109 cm³/mol. The molecule has 0 fully saturated rings. The predicted octanol–water partition coefficient (Wildman–Crippen LogP) is 3.18. The molecule has 0 atom stereocenters. The number of nitrogens with zero attached hydrogens (tertiary/aromatic N) is 3. The van der Waals surface area contributed by atoms with Gasteiger partial charge in [-0.1, -0.05) is 43.8 Å². The van der Waals surface area contributed by atoms with Crippen molar-refractivity contribution in [3.8, 4) is 0 Å². The second kappa shape index (κ2) is 11.7. The van der Waals surface area contributed by atoms with E-state index in [1.54, 1.807) is 0 Å². The van der Waals surface area contributed by atoms with Gasteiger partial charge in [0, 0.05) is 13.1 Å². The summed E-state index contributed by atoms with van der Waals surface area (Å²) >= 11 is 0. The van der Waals surface area contributed by atoms with Crippen LogP contribution < -0.4 is 20.3 Å². The van der Waals surface area contributed by atoms with Gasteiger partial charge in [-0.15, -0.1) is 0 Å². The molecule has 0 aromatic carbocycles. The fraction of sp³-hybridized carbons (Fsp3) is 0.579. The SMILES string of the molecule is CCCCOC(=O)Nc1cc(N2CC=CCC2)nc(NC(=O)OCCCC)[n+]1[O-]. The van der Waals surface area contributed by atoms with E-state index in [4.69, 9.17) is 9.47 Å². The molecule has 1 aliphatic rings. The zero-order valence-electron chi connectivity index (χ0n) is 17.0. The van der Waals surface area contributed by atoms with Gasteiger partial charge in [0.15, 0.2) is 5.82 Å². The Morgan fingerprint density at radius 2 is 1.79 bits per heavy atom. The highest BCUT2D eigenvalue weighted by Crippen LogP contribution is 2.19. The monoisotopic (exact) mass is 407 g/mol. The van der Waals surface area contributed by atoms with Crippen LogP contribution in [0, 0.1) is 5.21 Å². The average molecular weight is 407 g/mol. The summed E-state index contributed by atoms with van der Waals surface area (Å²) in [5.41, 5.74) is 0. The first-order valence-corrected chi connectivity index (χ1v) is 9.97. The lowest BCUT2D eigenvalue weighted by molar-refractivity contribution is -0.577. The Balaban J connectivity index is 2.19. The number of anilines is 3. The molecular weight excluding hydrogens is 378 g/mol. The Labute approximate surface area is 170 Å². The Morgan fingerprint density at radius 1 is 1.14 bits per heavy atom. The van der Waals surface area contributed by atoms with Gasteiger partial charge in [-0.2, -0.15) is 5.32 Å². The zero-order valence-corrected chi connectivity index (χ0v) is 17.0. The topological polar surface area (TPSA) is 120 Å². The molecule has 160 valence electrons. The lowest BCUT2D eigenvalue weighted by atomic mass is 10.2. The van der Waals surface area contributed by atoms with Gasteiger partial charge in [0.2, 0.25) is 5.82 Å². The van der Waals surface area contributed by atoms with Gasteiger partial charge >= 0.3 is 18.1 Å². The van der Waals surface area contributed by atoms with E-state index in [2.05, 4.69) is 21.7 Å². The van der Waals surface area contributed by atoms with Crippen LogP contribution in [-0.2, 0) is 9.47 Å². The summed E-state index contributed by atoms with van der Waals surface area (Å²) in [6.07, 6.45) is 6.56. The van der Waals surface area contributed by atoms with Crippen LogP contribution >= 0.6 is 0 Å². The largest absolute Gasteiger partial charge is 0.754 e. The third-order valence-corrected chi connectivity index (χ3v) is 4.19. The highest BCUT2D eigenvalue weighted by molar-refractivity contribution is 5.84. The van der Waals surface area contributed by atoms with Gasteiger partial charge in [0.05, 0.1) is 19.3 Å². The van der Waals surface area contributed by atoms with Crippen molar-refractivity contribution < 1.29 is 23.8 Å². The van der Waals surface area contributed by atoms with Gasteiger partial charge < -0.3 is 19.6 Å². The normalized spacial score (nSPS) is 13.1. The smallest absolute Gasteiger partial charge is 0.460 e. The van der Waals surface area contributed by atoms with E-state index < -0.39 is 12.2 Å². The summed E-state index contributed by atoms with van der Waals surface area (Å²) in [6, 6.07) is 1.46. The van der Waals surface area contributed by atoms with Gasteiger partial charge in [-0.05, 0) is 19.3 Å². The number of hydrogen-bond acceptors (Lipinski definition) is 7. The third-order valence-electron chi connectivity index (χ3n) is 4.19. The zero-order chi connectivity index (χ0) is 21.1. The number of carbonyl (C=O) groups excluding carboxylic acids is 2. The molecule has 0 saturated heterocycles. The quantitative estimate of drug-likeness (QED) is 0.279. The Morgan fingerprint density at radius 3 is 2.38 bits per heavy atom. The minimum atomic E-state index is -0.775. The summed E-state index contributed by atoms with van der Waals surface area (Å²) in [4.78, 5) is 30.1. The minimum Gasteiger partial charge on any atom is -0.754 e.